The van der Waals surface area contributed by atoms with Gasteiger partial charge in [0.05, 0.1) is 12.7 Å². The fourth-order valence-corrected chi connectivity index (χ4v) is 11.1. The zero-order chi connectivity index (χ0) is 53.4. The van der Waals surface area contributed by atoms with Crippen LogP contribution in [0.1, 0.15) is 70.0 Å². The number of carbonyl (C=O) groups excluding carboxylic acids is 3. The van der Waals surface area contributed by atoms with Gasteiger partial charge in [0.25, 0.3) is 11.8 Å². The minimum absolute atomic E-state index is 0.00101. The first kappa shape index (κ1) is 51.3. The number of anilines is 2. The van der Waals surface area contributed by atoms with Gasteiger partial charge in [0, 0.05) is 65.6 Å². The third-order valence-corrected chi connectivity index (χ3v) is 15.3. The van der Waals surface area contributed by atoms with E-state index in [0.29, 0.717) is 0 Å². The molecule has 32 heteroatoms. The number of aromatic nitrogens is 8. The zero-order valence-corrected chi connectivity index (χ0v) is 40.3. The lowest BCUT2D eigenvalue weighted by molar-refractivity contribution is -0.121. The summed E-state index contributed by atoms with van der Waals surface area (Å²) in [6.45, 7) is -1.07. The number of aliphatic hydroxyl groups excluding tert-OH is 4. The first-order valence-electron chi connectivity index (χ1n) is 22.8. The molecule has 2 fully saturated rings. The lowest BCUT2D eigenvalue weighted by atomic mass is 9.95. The Morgan fingerprint density at radius 1 is 0.733 bits per heavy atom. The smallest absolute Gasteiger partial charge is 0.301 e. The van der Waals surface area contributed by atoms with Crippen molar-refractivity contribution >= 4 is 71.9 Å². The Morgan fingerprint density at radius 3 is 2.03 bits per heavy atom. The molecule has 4 aliphatic heterocycles. The minimum atomic E-state index is -4.58. The zero-order valence-electron chi connectivity index (χ0n) is 38.7. The summed E-state index contributed by atoms with van der Waals surface area (Å²) in [7, 11) is -8.73. The molecule has 3 amide bonds. The highest BCUT2D eigenvalue weighted by Crippen LogP contribution is 2.38. The third kappa shape index (κ3) is 9.61. The number of carbonyl (C=O) groups is 3. The van der Waals surface area contributed by atoms with Gasteiger partial charge in [0.1, 0.15) is 54.0 Å². The fraction of sp³-hybridized carbons (Fsp3) is 0.372. The Hall–Kier alpha value is -7.21. The van der Waals surface area contributed by atoms with Crippen molar-refractivity contribution in [3.63, 3.8) is 0 Å². The van der Waals surface area contributed by atoms with Crippen molar-refractivity contribution in [2.75, 3.05) is 24.6 Å². The number of amides is 3. The van der Waals surface area contributed by atoms with Gasteiger partial charge in [0.15, 0.2) is 52.7 Å². The third-order valence-electron chi connectivity index (χ3n) is 13.2. The highest BCUT2D eigenvalue weighted by molar-refractivity contribution is 7.92. The van der Waals surface area contributed by atoms with E-state index in [0.717, 1.165) is 5.41 Å². The summed E-state index contributed by atoms with van der Waals surface area (Å²) in [6, 6.07) is 10.5. The van der Waals surface area contributed by atoms with Crippen LogP contribution >= 0.6 is 0 Å². The van der Waals surface area contributed by atoms with Gasteiger partial charge in [-0.2, -0.15) is 13.1 Å². The molecular weight excluding hydrogens is 1030 g/mol. The van der Waals surface area contributed by atoms with E-state index in [2.05, 4.69) is 50.0 Å². The number of fused-ring (bicyclic) bond motifs is 4. The van der Waals surface area contributed by atoms with Crippen LogP contribution in [0.2, 0.25) is 0 Å². The summed E-state index contributed by atoms with van der Waals surface area (Å²) in [4.78, 5) is 63.4. The number of ether oxygens (including phenoxy) is 2. The number of rotatable bonds is 17. The summed E-state index contributed by atoms with van der Waals surface area (Å²) < 4.78 is 72.0. The molecule has 6 aromatic rings. The van der Waals surface area contributed by atoms with E-state index >= 15 is 0 Å². The quantitative estimate of drug-likeness (QED) is 0.0416. The van der Waals surface area contributed by atoms with Crippen molar-refractivity contribution < 1.29 is 71.3 Å². The molecule has 2 saturated heterocycles. The van der Waals surface area contributed by atoms with Gasteiger partial charge in [-0.1, -0.05) is 36.4 Å². The van der Waals surface area contributed by atoms with E-state index in [1.807, 2.05) is 0 Å². The maximum absolute atomic E-state index is 13.3. The molecule has 8 heterocycles. The van der Waals surface area contributed by atoms with Crippen LogP contribution in [-0.4, -0.2) is 154 Å². The number of imidazole rings is 2. The molecule has 396 valence electrons. The van der Waals surface area contributed by atoms with Crippen LogP contribution in [0, 0.1) is 0 Å². The number of allylic oxidation sites excluding steroid dienone is 1. The molecule has 0 spiro atoms. The number of aliphatic hydroxyl groups is 6. The molecular formula is C43H47N15O15S2. The van der Waals surface area contributed by atoms with E-state index in [4.69, 9.17) is 20.9 Å². The predicted molar refractivity (Wildman–Crippen MR) is 256 cm³/mol. The molecule has 4 aromatic heterocycles. The SMILES string of the molecule is Nc1ncnc2c1ncn2[C@@H]1O[C@H](CNS(=O)(=O)/C=C/CCC2(O)NC(=O)c3cc(-c4nc(N)c5ncn([C@@H]6O[C@H](CNS(=O)(=O)NC(=O)CCC7(O)NC(=O)c8ccccc87)[C@@H](O)[C@H]6O)c5n4)ccc32)[C@@H](O)[C@H]1O. The van der Waals surface area contributed by atoms with Gasteiger partial charge < -0.3 is 62.2 Å². The van der Waals surface area contributed by atoms with Gasteiger partial charge in [-0.05, 0) is 18.6 Å². The molecule has 10 rings (SSSR count). The number of benzene rings is 2. The van der Waals surface area contributed by atoms with Crippen molar-refractivity contribution in [3.8, 4) is 11.4 Å². The lowest BCUT2D eigenvalue weighted by Crippen LogP contribution is -2.46. The van der Waals surface area contributed by atoms with Crippen LogP contribution in [0.25, 0.3) is 33.7 Å². The first-order valence-corrected chi connectivity index (χ1v) is 25.8. The number of hydrogen-bond donors (Lipinski definition) is 13. The predicted octanol–water partition coefficient (Wildman–Crippen LogP) is -3.84. The van der Waals surface area contributed by atoms with Gasteiger partial charge in [-0.15, -0.1) is 0 Å². The number of hydrogen-bond acceptors (Lipinski definition) is 23. The molecule has 4 aliphatic rings. The maximum atomic E-state index is 13.3. The Kier molecular flexibility index (Phi) is 13.1. The Bertz CT molecular complexity index is 3550. The number of sulfonamides is 1. The van der Waals surface area contributed by atoms with E-state index in [9.17, 15) is 61.9 Å². The van der Waals surface area contributed by atoms with E-state index in [-0.39, 0.29) is 86.9 Å². The van der Waals surface area contributed by atoms with Crippen LogP contribution in [-0.2, 0) is 46.0 Å². The Morgan fingerprint density at radius 2 is 1.33 bits per heavy atom. The Balaban J connectivity index is 0.749. The molecule has 0 saturated carbocycles. The van der Waals surface area contributed by atoms with Gasteiger partial charge >= 0.3 is 10.2 Å². The summed E-state index contributed by atoms with van der Waals surface area (Å²) in [5.41, 5.74) is 9.68. The Labute approximate surface area is 423 Å². The monoisotopic (exact) mass is 1080 g/mol. The normalized spacial score (nSPS) is 27.5. The summed E-state index contributed by atoms with van der Waals surface area (Å²) in [5, 5.41) is 71.7. The second-order valence-corrected chi connectivity index (χ2v) is 21.2. The summed E-state index contributed by atoms with van der Waals surface area (Å²) in [5.74, 6) is -2.34. The van der Waals surface area contributed by atoms with Crippen LogP contribution in [0.3, 0.4) is 0 Å². The van der Waals surface area contributed by atoms with E-state index in [1.165, 1.54) is 64.5 Å². The summed E-state index contributed by atoms with van der Waals surface area (Å²) in [6.07, 6.45) is -7.65. The molecule has 15 N–H and O–H groups in total. The van der Waals surface area contributed by atoms with Crippen LogP contribution in [0.15, 0.2) is 72.9 Å². The van der Waals surface area contributed by atoms with Crippen molar-refractivity contribution in [2.24, 2.45) is 0 Å². The standard InChI is InChI=1S/C43H47N15O15S2/c44-33-27-36(47-16-46-33)57(17-48-27)40-31(62)29(60)24(72-40)14-50-74(68,69)12-4-3-10-42(66)23-8-7-19(13-21(23)39(65)55-42)35-52-34(45)28-37(53-35)58(18-49-28)41-32(63)30(61)25(73-41)15-51-75(70,71)56-26(59)9-11-43(67)22-6-2-1-5-20(22)38(64)54-43/h1-2,4-8,12-13,16-18,24-25,29-32,40-41,50-51,60-63,66-67H,3,9-11,14-15H2,(H,54,64)(H,55,65)(H,56,59)(H2,44,46,47)(H2,45,52,53)/b12-4+/t24-,25-,29-,30-,31-,32-,40-,41-,42?,43?/m1/s1. The van der Waals surface area contributed by atoms with Crippen LogP contribution in [0.5, 0.6) is 0 Å². The topological polar surface area (TPSA) is 459 Å². The minimum Gasteiger partial charge on any atom is -0.387 e. The van der Waals surface area contributed by atoms with Gasteiger partial charge in [0.2, 0.25) is 15.9 Å². The fourth-order valence-electron chi connectivity index (χ4n) is 9.33. The number of nitrogens with one attached hydrogen (secondary N) is 5. The molecule has 0 bridgehead atoms. The highest BCUT2D eigenvalue weighted by atomic mass is 32.2. The highest BCUT2D eigenvalue weighted by Gasteiger charge is 2.47. The molecule has 10 atom stereocenters. The van der Waals surface area contributed by atoms with Crippen molar-refractivity contribution in [3.05, 3.63) is 95.2 Å². The molecule has 0 radical (unpaired) electrons. The van der Waals surface area contributed by atoms with Crippen LogP contribution in [0.4, 0.5) is 11.6 Å². The molecule has 30 nitrogen and oxygen atoms in total. The van der Waals surface area contributed by atoms with E-state index < -0.39 is 118 Å². The largest absolute Gasteiger partial charge is 0.387 e. The molecule has 75 heavy (non-hydrogen) atoms. The van der Waals surface area contributed by atoms with Crippen molar-refractivity contribution in [1.29, 1.82) is 0 Å². The number of nitrogen functional groups attached to an aromatic ring is 2. The lowest BCUT2D eigenvalue weighted by Gasteiger charge is -2.23. The van der Waals surface area contributed by atoms with Gasteiger partial charge in [-0.3, -0.25) is 23.5 Å². The number of nitrogens with zero attached hydrogens (tertiary/aromatic N) is 8. The summed E-state index contributed by atoms with van der Waals surface area (Å²) >= 11 is 0. The average molecular weight is 1080 g/mol. The second-order valence-electron chi connectivity index (χ2n) is 18.0. The van der Waals surface area contributed by atoms with Gasteiger partial charge in [-0.25, -0.2) is 47.8 Å². The van der Waals surface area contributed by atoms with Crippen molar-refractivity contribution in [2.45, 2.75) is 86.2 Å². The van der Waals surface area contributed by atoms with Crippen LogP contribution < -0.4 is 36.3 Å². The molecule has 0 aliphatic carbocycles. The van der Waals surface area contributed by atoms with Crippen molar-refractivity contribution in [1.82, 2.24) is 63.8 Å². The second kappa shape index (κ2) is 19.2. The molecule has 2 unspecified atom stereocenters. The van der Waals surface area contributed by atoms with E-state index in [1.54, 1.807) is 16.9 Å². The first-order chi connectivity index (χ1) is 35.5. The average Bonchev–Trinajstić information content (AvgIpc) is 4.22. The number of nitrogens with two attached hydrogens (primary N) is 2. The maximum Gasteiger partial charge on any atom is 0.301 e. The molecule has 2 aromatic carbocycles.